The number of hydrogen-bond acceptors (Lipinski definition) is 7. The Morgan fingerprint density at radius 2 is 1.87 bits per heavy atom. The van der Waals surface area contributed by atoms with Crippen LogP contribution >= 0.6 is 0 Å². The average molecular weight is 411 g/mol. The first-order chi connectivity index (χ1) is 14.5. The molecule has 0 radical (unpaired) electrons. The van der Waals surface area contributed by atoms with Crippen molar-refractivity contribution in [3.8, 4) is 28.7 Å². The van der Waals surface area contributed by atoms with Gasteiger partial charge in [0.1, 0.15) is 5.75 Å². The van der Waals surface area contributed by atoms with Crippen LogP contribution in [0.3, 0.4) is 0 Å². The van der Waals surface area contributed by atoms with Crippen LogP contribution in [0.25, 0.3) is 11.5 Å². The summed E-state index contributed by atoms with van der Waals surface area (Å²) < 4.78 is 21.5. The molecule has 3 rings (SSSR count). The third-order valence-electron chi connectivity index (χ3n) is 4.39. The summed E-state index contributed by atoms with van der Waals surface area (Å²) in [4.78, 5) is 16.5. The number of aromatic nitrogens is 2. The van der Waals surface area contributed by atoms with Gasteiger partial charge in [-0.15, -0.1) is 0 Å². The molecule has 0 aliphatic rings. The van der Waals surface area contributed by atoms with Gasteiger partial charge < -0.3 is 24.1 Å². The van der Waals surface area contributed by atoms with Gasteiger partial charge in [-0.3, -0.25) is 4.79 Å². The van der Waals surface area contributed by atoms with Crippen molar-refractivity contribution in [1.82, 2.24) is 15.5 Å². The van der Waals surface area contributed by atoms with E-state index in [1.807, 2.05) is 38.1 Å². The van der Waals surface area contributed by atoms with Gasteiger partial charge in [-0.1, -0.05) is 31.1 Å². The molecular weight excluding hydrogens is 386 g/mol. The second kappa shape index (κ2) is 9.78. The smallest absolute Gasteiger partial charge is 0.258 e. The molecule has 0 atom stereocenters. The zero-order chi connectivity index (χ0) is 21.5. The lowest BCUT2D eigenvalue weighted by Gasteiger charge is -2.13. The Morgan fingerprint density at radius 1 is 1.10 bits per heavy atom. The fraction of sp³-hybridized carbons (Fsp3) is 0.318. The van der Waals surface area contributed by atoms with Gasteiger partial charge in [-0.2, -0.15) is 4.98 Å². The molecule has 1 amide bonds. The zero-order valence-electron chi connectivity index (χ0n) is 17.5. The number of hydrogen-bond donors (Lipinski definition) is 1. The number of amides is 1. The van der Waals surface area contributed by atoms with E-state index >= 15 is 0 Å². The molecule has 0 aliphatic carbocycles. The lowest BCUT2D eigenvalue weighted by molar-refractivity contribution is -0.123. The predicted molar refractivity (Wildman–Crippen MR) is 111 cm³/mol. The first kappa shape index (κ1) is 21.2. The fourth-order valence-corrected chi connectivity index (χ4v) is 2.77. The van der Waals surface area contributed by atoms with Crippen molar-refractivity contribution < 1.29 is 23.5 Å². The topological polar surface area (TPSA) is 95.7 Å². The molecule has 0 saturated heterocycles. The first-order valence-corrected chi connectivity index (χ1v) is 9.55. The first-order valence-electron chi connectivity index (χ1n) is 9.55. The van der Waals surface area contributed by atoms with Crippen molar-refractivity contribution in [3.63, 3.8) is 0 Å². The minimum Gasteiger partial charge on any atom is -0.493 e. The number of nitrogens with zero attached hydrogens (tertiary/aromatic N) is 2. The number of nitrogens with one attached hydrogen (secondary N) is 1. The maximum atomic E-state index is 12.2. The largest absolute Gasteiger partial charge is 0.493 e. The molecule has 0 unspecified atom stereocenters. The van der Waals surface area contributed by atoms with Crippen molar-refractivity contribution in [2.45, 2.75) is 26.3 Å². The van der Waals surface area contributed by atoms with Gasteiger partial charge in [-0.25, -0.2) is 0 Å². The maximum absolute atomic E-state index is 12.2. The molecule has 0 saturated carbocycles. The van der Waals surface area contributed by atoms with Crippen molar-refractivity contribution in [2.75, 3.05) is 20.8 Å². The summed E-state index contributed by atoms with van der Waals surface area (Å²) in [5.41, 5.74) is 1.60. The van der Waals surface area contributed by atoms with Gasteiger partial charge in [0.25, 0.3) is 11.8 Å². The molecule has 1 heterocycles. The SMILES string of the molecule is COc1cccc(CNC(=O)COc2ccc(-c3nc(C(C)C)no3)cc2)c1OC. The van der Waals surface area contributed by atoms with Crippen LogP contribution in [0.5, 0.6) is 17.2 Å². The number of para-hydroxylation sites is 1. The summed E-state index contributed by atoms with van der Waals surface area (Å²) in [5.74, 6) is 2.84. The van der Waals surface area contributed by atoms with Gasteiger partial charge in [0, 0.05) is 23.6 Å². The van der Waals surface area contributed by atoms with Crippen LogP contribution in [0.4, 0.5) is 0 Å². The summed E-state index contributed by atoms with van der Waals surface area (Å²) in [6.45, 7) is 4.20. The van der Waals surface area contributed by atoms with E-state index in [0.29, 0.717) is 35.5 Å². The number of ether oxygens (including phenoxy) is 3. The molecule has 8 heteroatoms. The second-order valence-corrected chi connectivity index (χ2v) is 6.85. The third-order valence-corrected chi connectivity index (χ3v) is 4.39. The van der Waals surface area contributed by atoms with Gasteiger partial charge in [0.15, 0.2) is 23.9 Å². The number of benzene rings is 2. The van der Waals surface area contributed by atoms with E-state index < -0.39 is 0 Å². The second-order valence-electron chi connectivity index (χ2n) is 6.85. The van der Waals surface area contributed by atoms with E-state index in [2.05, 4.69) is 15.5 Å². The predicted octanol–water partition coefficient (Wildman–Crippen LogP) is 3.57. The Morgan fingerprint density at radius 3 is 2.50 bits per heavy atom. The van der Waals surface area contributed by atoms with E-state index in [9.17, 15) is 4.79 Å². The van der Waals surface area contributed by atoms with Gasteiger partial charge in [-0.05, 0) is 30.3 Å². The lowest BCUT2D eigenvalue weighted by Crippen LogP contribution is -2.28. The van der Waals surface area contributed by atoms with Crippen LogP contribution in [0, 0.1) is 0 Å². The maximum Gasteiger partial charge on any atom is 0.258 e. The molecule has 0 bridgehead atoms. The zero-order valence-corrected chi connectivity index (χ0v) is 17.5. The Kier molecular flexibility index (Phi) is 6.90. The standard InChI is InChI=1S/C22H25N3O5/c1-14(2)21-24-22(30-25-21)15-8-10-17(11-9-15)29-13-19(26)23-12-16-6-5-7-18(27-3)20(16)28-4/h5-11,14H,12-13H2,1-4H3,(H,23,26). The molecule has 0 spiro atoms. The highest BCUT2D eigenvalue weighted by atomic mass is 16.5. The quantitative estimate of drug-likeness (QED) is 0.575. The van der Waals surface area contributed by atoms with Crippen LogP contribution < -0.4 is 19.5 Å². The average Bonchev–Trinajstić information content (AvgIpc) is 3.27. The lowest BCUT2D eigenvalue weighted by atomic mass is 10.2. The molecule has 3 aromatic rings. The summed E-state index contributed by atoms with van der Waals surface area (Å²) in [5, 5.41) is 6.77. The molecular formula is C22H25N3O5. The highest BCUT2D eigenvalue weighted by Crippen LogP contribution is 2.30. The third kappa shape index (κ3) is 5.08. The molecule has 1 N–H and O–H groups in total. The highest BCUT2D eigenvalue weighted by molar-refractivity contribution is 5.77. The van der Waals surface area contributed by atoms with E-state index in [-0.39, 0.29) is 18.4 Å². The van der Waals surface area contributed by atoms with Crippen molar-refractivity contribution in [1.29, 1.82) is 0 Å². The summed E-state index contributed by atoms with van der Waals surface area (Å²) in [6.07, 6.45) is 0. The minimum absolute atomic E-state index is 0.107. The molecule has 0 fully saturated rings. The van der Waals surface area contributed by atoms with E-state index in [1.165, 1.54) is 0 Å². The molecule has 158 valence electrons. The summed E-state index contributed by atoms with van der Waals surface area (Å²) in [7, 11) is 3.13. The monoisotopic (exact) mass is 411 g/mol. The van der Waals surface area contributed by atoms with Crippen LogP contribution in [-0.2, 0) is 11.3 Å². The molecule has 0 aliphatic heterocycles. The number of carbonyl (C=O) groups is 1. The van der Waals surface area contributed by atoms with Crippen LogP contribution in [0.1, 0.15) is 31.2 Å². The fourth-order valence-electron chi connectivity index (χ4n) is 2.77. The van der Waals surface area contributed by atoms with E-state index in [1.54, 1.807) is 32.4 Å². The number of carbonyl (C=O) groups excluding carboxylic acids is 1. The molecule has 1 aromatic heterocycles. The van der Waals surface area contributed by atoms with Crippen LogP contribution in [0.15, 0.2) is 47.0 Å². The Balaban J connectivity index is 1.52. The van der Waals surface area contributed by atoms with Crippen LogP contribution in [0.2, 0.25) is 0 Å². The Bertz CT molecular complexity index is 983. The van der Waals surface area contributed by atoms with Crippen LogP contribution in [-0.4, -0.2) is 36.9 Å². The van der Waals surface area contributed by atoms with Crippen molar-refractivity contribution >= 4 is 5.91 Å². The summed E-state index contributed by atoms with van der Waals surface area (Å²) in [6, 6.07) is 12.6. The number of methoxy groups -OCH3 is 2. The molecule has 30 heavy (non-hydrogen) atoms. The van der Waals surface area contributed by atoms with E-state index in [0.717, 1.165) is 11.1 Å². The normalized spacial score (nSPS) is 10.7. The summed E-state index contributed by atoms with van der Waals surface area (Å²) >= 11 is 0. The minimum atomic E-state index is -0.248. The van der Waals surface area contributed by atoms with Gasteiger partial charge in [0.05, 0.1) is 14.2 Å². The van der Waals surface area contributed by atoms with Gasteiger partial charge >= 0.3 is 0 Å². The Hall–Kier alpha value is -3.55. The van der Waals surface area contributed by atoms with Gasteiger partial charge in [0.2, 0.25) is 0 Å². The Labute approximate surface area is 175 Å². The highest BCUT2D eigenvalue weighted by Gasteiger charge is 2.13. The molecule has 8 nitrogen and oxygen atoms in total. The molecule has 2 aromatic carbocycles. The van der Waals surface area contributed by atoms with Crippen molar-refractivity contribution in [3.05, 3.63) is 53.9 Å². The van der Waals surface area contributed by atoms with Crippen molar-refractivity contribution in [2.24, 2.45) is 0 Å². The van der Waals surface area contributed by atoms with E-state index in [4.69, 9.17) is 18.7 Å². The number of rotatable bonds is 9.